The number of hydrogen-bond acceptors (Lipinski definition) is 2. The maximum Gasteiger partial charge on any atom is 0.266 e. The normalized spacial score (nSPS) is 9.20. The molecule has 0 aliphatic heterocycles. The lowest BCUT2D eigenvalue weighted by molar-refractivity contribution is 0.0996. The zero-order chi connectivity index (χ0) is 7.56. The van der Waals surface area contributed by atoms with Gasteiger partial charge in [0.05, 0.1) is 6.20 Å². The molecule has 0 saturated heterocycles. The molecule has 3 N–H and O–H groups in total. The summed E-state index contributed by atoms with van der Waals surface area (Å²) in [6.45, 7) is 3.46. The first-order valence-corrected chi connectivity index (χ1v) is 2.71. The van der Waals surface area contributed by atoms with Crippen LogP contribution in [0.1, 0.15) is 16.3 Å². The molecule has 1 heterocycles. The van der Waals surface area contributed by atoms with Gasteiger partial charge in [-0.2, -0.15) is 0 Å². The van der Waals surface area contributed by atoms with Gasteiger partial charge in [0.25, 0.3) is 5.91 Å². The standard InChI is InChI=1S/C6H7N3O/c1-2-5-8-3-4(9-5)6(7)10/h2-3H,1H2,(H2,7,10)(H,8,9). The predicted molar refractivity (Wildman–Crippen MR) is 37.2 cm³/mol. The van der Waals surface area contributed by atoms with Crippen molar-refractivity contribution in [1.29, 1.82) is 0 Å². The van der Waals surface area contributed by atoms with Gasteiger partial charge in [-0.05, 0) is 6.08 Å². The Morgan fingerprint density at radius 3 is 2.90 bits per heavy atom. The molecule has 0 aliphatic rings. The number of hydrogen-bond donors (Lipinski definition) is 2. The van der Waals surface area contributed by atoms with Gasteiger partial charge < -0.3 is 10.7 Å². The Kier molecular flexibility index (Phi) is 1.53. The minimum Gasteiger partial charge on any atom is -0.364 e. The van der Waals surface area contributed by atoms with Crippen LogP contribution in [-0.4, -0.2) is 15.9 Å². The van der Waals surface area contributed by atoms with Crippen LogP contribution in [0.15, 0.2) is 12.8 Å². The van der Waals surface area contributed by atoms with E-state index < -0.39 is 5.91 Å². The third kappa shape index (κ3) is 1.05. The summed E-state index contributed by atoms with van der Waals surface area (Å²) in [7, 11) is 0. The number of carbonyl (C=O) groups excluding carboxylic acids is 1. The van der Waals surface area contributed by atoms with Gasteiger partial charge in [0.15, 0.2) is 0 Å². The molecule has 0 saturated carbocycles. The highest BCUT2D eigenvalue weighted by molar-refractivity contribution is 5.90. The van der Waals surface area contributed by atoms with Crippen molar-refractivity contribution < 1.29 is 4.79 Å². The van der Waals surface area contributed by atoms with E-state index in [0.717, 1.165) is 0 Å². The van der Waals surface area contributed by atoms with Crippen molar-refractivity contribution in [1.82, 2.24) is 9.97 Å². The van der Waals surface area contributed by atoms with Crippen molar-refractivity contribution in [2.45, 2.75) is 0 Å². The van der Waals surface area contributed by atoms with Crippen LogP contribution < -0.4 is 5.73 Å². The van der Waals surface area contributed by atoms with Gasteiger partial charge in [0.2, 0.25) is 0 Å². The van der Waals surface area contributed by atoms with Gasteiger partial charge in [-0.15, -0.1) is 0 Å². The number of amides is 1. The first kappa shape index (κ1) is 6.54. The minimum absolute atomic E-state index is 0.301. The lowest BCUT2D eigenvalue weighted by Crippen LogP contribution is -2.10. The molecule has 4 nitrogen and oxygen atoms in total. The topological polar surface area (TPSA) is 71.8 Å². The van der Waals surface area contributed by atoms with Crippen molar-refractivity contribution in [2.75, 3.05) is 0 Å². The van der Waals surface area contributed by atoms with Crippen LogP contribution in [0, 0.1) is 0 Å². The smallest absolute Gasteiger partial charge is 0.266 e. The monoisotopic (exact) mass is 137 g/mol. The molecule has 4 heteroatoms. The highest BCUT2D eigenvalue weighted by Crippen LogP contribution is 1.95. The van der Waals surface area contributed by atoms with Crippen LogP contribution in [0.25, 0.3) is 6.08 Å². The summed E-state index contributed by atoms with van der Waals surface area (Å²) in [6, 6.07) is 0. The molecule has 1 aromatic heterocycles. The van der Waals surface area contributed by atoms with Crippen molar-refractivity contribution in [3.05, 3.63) is 24.3 Å². The maximum absolute atomic E-state index is 10.4. The number of primary amides is 1. The minimum atomic E-state index is -0.513. The number of imidazole rings is 1. The van der Waals surface area contributed by atoms with E-state index >= 15 is 0 Å². The predicted octanol–water partition coefficient (Wildman–Crippen LogP) is 0.152. The van der Waals surface area contributed by atoms with Crippen LogP contribution in [0.3, 0.4) is 0 Å². The van der Waals surface area contributed by atoms with E-state index in [-0.39, 0.29) is 0 Å². The van der Waals surface area contributed by atoms with E-state index in [1.54, 1.807) is 0 Å². The highest BCUT2D eigenvalue weighted by Gasteiger charge is 2.01. The van der Waals surface area contributed by atoms with Crippen LogP contribution in [0.5, 0.6) is 0 Å². The molecule has 0 aliphatic carbocycles. The van der Waals surface area contributed by atoms with E-state index in [1.165, 1.54) is 12.3 Å². The largest absolute Gasteiger partial charge is 0.364 e. The summed E-state index contributed by atoms with van der Waals surface area (Å²) < 4.78 is 0. The Hall–Kier alpha value is -1.58. The van der Waals surface area contributed by atoms with E-state index in [0.29, 0.717) is 11.5 Å². The quantitative estimate of drug-likeness (QED) is 0.609. The van der Waals surface area contributed by atoms with Crippen LogP contribution in [-0.2, 0) is 0 Å². The van der Waals surface area contributed by atoms with Crippen LogP contribution in [0.2, 0.25) is 0 Å². The highest BCUT2D eigenvalue weighted by atomic mass is 16.1. The first-order chi connectivity index (χ1) is 4.74. The summed E-state index contributed by atoms with van der Waals surface area (Å²) in [5, 5.41) is 0. The van der Waals surface area contributed by atoms with E-state index in [9.17, 15) is 4.79 Å². The number of rotatable bonds is 2. The fraction of sp³-hybridized carbons (Fsp3) is 0. The Bertz CT molecular complexity index is 264. The fourth-order valence-corrected chi connectivity index (χ4v) is 0.566. The van der Waals surface area contributed by atoms with Gasteiger partial charge in [-0.1, -0.05) is 6.58 Å². The van der Waals surface area contributed by atoms with Gasteiger partial charge in [-0.25, -0.2) is 4.98 Å². The second-order valence-electron chi connectivity index (χ2n) is 1.75. The lowest BCUT2D eigenvalue weighted by atomic mass is 10.5. The van der Waals surface area contributed by atoms with Crippen LogP contribution in [0.4, 0.5) is 0 Å². The summed E-state index contributed by atoms with van der Waals surface area (Å²) >= 11 is 0. The molecule has 0 spiro atoms. The lowest BCUT2D eigenvalue weighted by Gasteiger charge is -1.83. The van der Waals surface area contributed by atoms with Gasteiger partial charge in [0, 0.05) is 0 Å². The number of nitrogens with one attached hydrogen (secondary N) is 1. The summed E-state index contributed by atoms with van der Waals surface area (Å²) in [5.74, 6) is 0.0365. The molecule has 0 fully saturated rings. The SMILES string of the molecule is C=Cc1ncc(C(N)=O)[nH]1. The number of nitrogens with zero attached hydrogens (tertiary/aromatic N) is 1. The second kappa shape index (κ2) is 2.34. The number of aromatic amines is 1. The van der Waals surface area contributed by atoms with E-state index in [2.05, 4.69) is 16.5 Å². The second-order valence-corrected chi connectivity index (χ2v) is 1.75. The van der Waals surface area contributed by atoms with Crippen LogP contribution >= 0.6 is 0 Å². The molecule has 0 atom stereocenters. The molecule has 0 bridgehead atoms. The molecule has 0 aromatic carbocycles. The molecule has 1 rings (SSSR count). The third-order valence-electron chi connectivity index (χ3n) is 1.05. The van der Waals surface area contributed by atoms with Crippen molar-refractivity contribution in [3.63, 3.8) is 0 Å². The molecule has 0 radical (unpaired) electrons. The van der Waals surface area contributed by atoms with Gasteiger partial charge >= 0.3 is 0 Å². The molecule has 10 heavy (non-hydrogen) atoms. The zero-order valence-electron chi connectivity index (χ0n) is 5.29. The average Bonchev–Trinajstić information content (AvgIpc) is 2.34. The fourth-order valence-electron chi connectivity index (χ4n) is 0.566. The summed E-state index contributed by atoms with van der Waals surface area (Å²) in [4.78, 5) is 16.9. The molecular weight excluding hydrogens is 130 g/mol. The Morgan fingerprint density at radius 2 is 2.60 bits per heavy atom. The number of H-pyrrole nitrogens is 1. The molecule has 1 aromatic rings. The van der Waals surface area contributed by atoms with Gasteiger partial charge in [0.1, 0.15) is 11.5 Å². The molecule has 52 valence electrons. The summed E-state index contributed by atoms with van der Waals surface area (Å²) in [6.07, 6.45) is 2.88. The van der Waals surface area contributed by atoms with E-state index in [4.69, 9.17) is 5.73 Å². The molecule has 1 amide bonds. The number of nitrogens with two attached hydrogens (primary N) is 1. The van der Waals surface area contributed by atoms with E-state index in [1.807, 2.05) is 0 Å². The Balaban J connectivity index is 2.98. The average molecular weight is 137 g/mol. The Labute approximate surface area is 57.8 Å². The first-order valence-electron chi connectivity index (χ1n) is 2.71. The molecule has 0 unspecified atom stereocenters. The van der Waals surface area contributed by atoms with Gasteiger partial charge in [-0.3, -0.25) is 4.79 Å². The third-order valence-corrected chi connectivity index (χ3v) is 1.05. The zero-order valence-corrected chi connectivity index (χ0v) is 5.29. The molecular formula is C6H7N3O. The van der Waals surface area contributed by atoms with Crippen molar-refractivity contribution in [2.24, 2.45) is 5.73 Å². The number of carbonyl (C=O) groups is 1. The maximum atomic E-state index is 10.4. The van der Waals surface area contributed by atoms with Crippen molar-refractivity contribution in [3.8, 4) is 0 Å². The van der Waals surface area contributed by atoms with Crippen molar-refractivity contribution >= 4 is 12.0 Å². The number of aromatic nitrogens is 2. The summed E-state index contributed by atoms with van der Waals surface area (Å²) in [5.41, 5.74) is 5.24. The Morgan fingerprint density at radius 1 is 1.90 bits per heavy atom.